The van der Waals surface area contributed by atoms with Crippen molar-refractivity contribution < 1.29 is 14.1 Å². The number of anilines is 1. The van der Waals surface area contributed by atoms with E-state index in [0.717, 1.165) is 0 Å². The number of carbonyl (C=O) groups excluding carboxylic acids is 1. The van der Waals surface area contributed by atoms with Gasteiger partial charge in [-0.1, -0.05) is 5.16 Å². The fraction of sp³-hybridized carbons (Fsp3) is 0.308. The molecule has 0 unspecified atom stereocenters. The third-order valence-electron chi connectivity index (χ3n) is 2.62. The van der Waals surface area contributed by atoms with Crippen LogP contribution in [0.2, 0.25) is 0 Å². The normalized spacial score (nSPS) is 10.3. The van der Waals surface area contributed by atoms with Gasteiger partial charge in [-0.25, -0.2) is 0 Å². The molecule has 1 aromatic carbocycles. The van der Waals surface area contributed by atoms with Gasteiger partial charge in [-0.05, 0) is 19.1 Å². The van der Waals surface area contributed by atoms with Gasteiger partial charge in [0.25, 0.3) is 5.91 Å². The second kappa shape index (κ2) is 6.05. The first-order chi connectivity index (χ1) is 9.58. The van der Waals surface area contributed by atoms with E-state index in [0.29, 0.717) is 41.7 Å². The van der Waals surface area contributed by atoms with Gasteiger partial charge >= 0.3 is 0 Å². The van der Waals surface area contributed by atoms with E-state index in [-0.39, 0.29) is 5.91 Å². The lowest BCUT2D eigenvalue weighted by Gasteiger charge is -2.07. The van der Waals surface area contributed by atoms with Crippen LogP contribution in [0.5, 0.6) is 5.75 Å². The maximum Gasteiger partial charge on any atom is 0.251 e. The van der Waals surface area contributed by atoms with Crippen molar-refractivity contribution in [2.75, 3.05) is 19.4 Å². The predicted molar refractivity (Wildman–Crippen MR) is 72.5 cm³/mol. The summed E-state index contributed by atoms with van der Waals surface area (Å²) in [5.41, 5.74) is 6.62. The summed E-state index contributed by atoms with van der Waals surface area (Å²) in [5.74, 6) is 1.38. The molecule has 0 saturated heterocycles. The maximum absolute atomic E-state index is 12.0. The molecule has 0 radical (unpaired) electrons. The monoisotopic (exact) mass is 276 g/mol. The standard InChI is InChI=1S/C13H16N4O3/c1-8-16-12(20-17-8)3-4-15-13(18)9-5-10(14)7-11(6-9)19-2/h5-7H,3-4,14H2,1-2H3,(H,15,18). The molecule has 1 aromatic heterocycles. The molecule has 0 bridgehead atoms. The van der Waals surface area contributed by atoms with Crippen molar-refractivity contribution in [3.8, 4) is 5.75 Å². The van der Waals surface area contributed by atoms with Gasteiger partial charge in [-0.15, -0.1) is 0 Å². The summed E-state index contributed by atoms with van der Waals surface area (Å²) in [7, 11) is 1.52. The second-order valence-corrected chi connectivity index (χ2v) is 4.24. The molecule has 0 aliphatic rings. The van der Waals surface area contributed by atoms with Crippen LogP contribution in [0.25, 0.3) is 0 Å². The number of nitrogens with two attached hydrogens (primary N) is 1. The number of benzene rings is 1. The molecule has 0 atom stereocenters. The van der Waals surface area contributed by atoms with Crippen molar-refractivity contribution in [3.05, 3.63) is 35.5 Å². The van der Waals surface area contributed by atoms with Gasteiger partial charge in [0.1, 0.15) is 5.75 Å². The van der Waals surface area contributed by atoms with Crippen LogP contribution in [-0.2, 0) is 6.42 Å². The molecule has 0 aliphatic carbocycles. The fourth-order valence-corrected chi connectivity index (χ4v) is 1.70. The van der Waals surface area contributed by atoms with E-state index in [2.05, 4.69) is 15.5 Å². The number of nitrogens with one attached hydrogen (secondary N) is 1. The average Bonchev–Trinajstić information content (AvgIpc) is 2.83. The highest BCUT2D eigenvalue weighted by atomic mass is 16.5. The molecule has 1 heterocycles. The number of carbonyl (C=O) groups is 1. The van der Waals surface area contributed by atoms with Crippen molar-refractivity contribution in [3.63, 3.8) is 0 Å². The zero-order chi connectivity index (χ0) is 14.5. The van der Waals surface area contributed by atoms with Crippen LogP contribution in [0.15, 0.2) is 22.7 Å². The molecule has 1 amide bonds. The van der Waals surface area contributed by atoms with Gasteiger partial charge in [0.15, 0.2) is 5.82 Å². The number of hydrogen-bond donors (Lipinski definition) is 2. The number of amides is 1. The molecular weight excluding hydrogens is 260 g/mol. The van der Waals surface area contributed by atoms with E-state index < -0.39 is 0 Å². The number of ether oxygens (including phenoxy) is 1. The largest absolute Gasteiger partial charge is 0.497 e. The van der Waals surface area contributed by atoms with Crippen LogP contribution in [0.3, 0.4) is 0 Å². The van der Waals surface area contributed by atoms with Crippen molar-refractivity contribution in [2.24, 2.45) is 0 Å². The average molecular weight is 276 g/mol. The Bertz CT molecular complexity index is 609. The summed E-state index contributed by atoms with van der Waals surface area (Å²) in [6, 6.07) is 4.87. The second-order valence-electron chi connectivity index (χ2n) is 4.24. The number of nitrogen functional groups attached to an aromatic ring is 1. The Morgan fingerprint density at radius 3 is 2.90 bits per heavy atom. The minimum Gasteiger partial charge on any atom is -0.497 e. The molecular formula is C13H16N4O3. The van der Waals surface area contributed by atoms with Crippen molar-refractivity contribution in [1.29, 1.82) is 0 Å². The zero-order valence-corrected chi connectivity index (χ0v) is 11.3. The van der Waals surface area contributed by atoms with Crippen LogP contribution < -0.4 is 15.8 Å². The Balaban J connectivity index is 1.93. The highest BCUT2D eigenvalue weighted by Gasteiger charge is 2.09. The number of methoxy groups -OCH3 is 1. The molecule has 0 saturated carbocycles. The summed E-state index contributed by atoms with van der Waals surface area (Å²) in [5, 5.41) is 6.43. The van der Waals surface area contributed by atoms with E-state index in [4.69, 9.17) is 15.0 Å². The quantitative estimate of drug-likeness (QED) is 0.788. The van der Waals surface area contributed by atoms with Gasteiger partial charge in [0.2, 0.25) is 5.89 Å². The Morgan fingerprint density at radius 2 is 2.25 bits per heavy atom. The van der Waals surface area contributed by atoms with Crippen molar-refractivity contribution >= 4 is 11.6 Å². The molecule has 3 N–H and O–H groups in total. The summed E-state index contributed by atoms with van der Waals surface area (Å²) in [4.78, 5) is 16.0. The van der Waals surface area contributed by atoms with Gasteiger partial charge in [0, 0.05) is 30.3 Å². The lowest BCUT2D eigenvalue weighted by atomic mass is 10.1. The van der Waals surface area contributed by atoms with E-state index in [1.807, 2.05) is 0 Å². The Morgan fingerprint density at radius 1 is 1.45 bits per heavy atom. The molecule has 7 nitrogen and oxygen atoms in total. The highest BCUT2D eigenvalue weighted by molar-refractivity contribution is 5.95. The molecule has 2 rings (SSSR count). The van der Waals surface area contributed by atoms with E-state index in [1.54, 1.807) is 25.1 Å². The topological polar surface area (TPSA) is 103 Å². The first kappa shape index (κ1) is 13.9. The number of rotatable bonds is 5. The summed E-state index contributed by atoms with van der Waals surface area (Å²) in [6.45, 7) is 2.14. The number of aromatic nitrogens is 2. The van der Waals surface area contributed by atoms with Crippen LogP contribution in [-0.4, -0.2) is 29.7 Å². The van der Waals surface area contributed by atoms with E-state index >= 15 is 0 Å². The third-order valence-corrected chi connectivity index (χ3v) is 2.62. The first-order valence-corrected chi connectivity index (χ1v) is 6.10. The predicted octanol–water partition coefficient (Wildman–Crippen LogP) is 0.941. The zero-order valence-electron chi connectivity index (χ0n) is 11.3. The minimum atomic E-state index is -0.230. The van der Waals surface area contributed by atoms with Crippen molar-refractivity contribution in [2.45, 2.75) is 13.3 Å². The Kier molecular flexibility index (Phi) is 4.19. The number of hydrogen-bond acceptors (Lipinski definition) is 6. The van der Waals surface area contributed by atoms with Gasteiger partial charge < -0.3 is 20.3 Å². The summed E-state index contributed by atoms with van der Waals surface area (Å²) >= 11 is 0. The first-order valence-electron chi connectivity index (χ1n) is 6.10. The maximum atomic E-state index is 12.0. The molecule has 2 aromatic rings. The summed E-state index contributed by atoms with van der Waals surface area (Å²) in [6.07, 6.45) is 0.478. The SMILES string of the molecule is COc1cc(N)cc(C(=O)NCCc2nc(C)no2)c1. The Labute approximate surface area is 116 Å². The lowest BCUT2D eigenvalue weighted by Crippen LogP contribution is -2.25. The molecule has 0 fully saturated rings. The lowest BCUT2D eigenvalue weighted by molar-refractivity contribution is 0.0953. The van der Waals surface area contributed by atoms with Crippen LogP contribution in [0.1, 0.15) is 22.1 Å². The molecule has 106 valence electrons. The number of aryl methyl sites for hydroxylation is 1. The minimum absolute atomic E-state index is 0.230. The molecule has 20 heavy (non-hydrogen) atoms. The van der Waals surface area contributed by atoms with E-state index in [1.165, 1.54) is 7.11 Å². The van der Waals surface area contributed by atoms with Gasteiger partial charge in [0.05, 0.1) is 7.11 Å². The fourth-order valence-electron chi connectivity index (χ4n) is 1.70. The van der Waals surface area contributed by atoms with E-state index in [9.17, 15) is 4.79 Å². The van der Waals surface area contributed by atoms with Crippen LogP contribution >= 0.6 is 0 Å². The van der Waals surface area contributed by atoms with Crippen molar-refractivity contribution in [1.82, 2.24) is 15.5 Å². The van der Waals surface area contributed by atoms with Crippen LogP contribution in [0, 0.1) is 6.92 Å². The summed E-state index contributed by atoms with van der Waals surface area (Å²) < 4.78 is 10.0. The highest BCUT2D eigenvalue weighted by Crippen LogP contribution is 2.18. The smallest absolute Gasteiger partial charge is 0.251 e. The molecule has 7 heteroatoms. The Hall–Kier alpha value is -2.57. The van der Waals surface area contributed by atoms with Gasteiger partial charge in [-0.3, -0.25) is 4.79 Å². The van der Waals surface area contributed by atoms with Crippen LogP contribution in [0.4, 0.5) is 5.69 Å². The number of nitrogens with zero attached hydrogens (tertiary/aromatic N) is 2. The molecule has 0 spiro atoms. The van der Waals surface area contributed by atoms with Gasteiger partial charge in [-0.2, -0.15) is 4.98 Å². The third kappa shape index (κ3) is 3.47. The molecule has 0 aliphatic heterocycles.